The first-order valence-electron chi connectivity index (χ1n) is 12.0. The fourth-order valence-electron chi connectivity index (χ4n) is 4.29. The van der Waals surface area contributed by atoms with Gasteiger partial charge in [-0.25, -0.2) is 15.0 Å². The van der Waals surface area contributed by atoms with Crippen LogP contribution in [0.2, 0.25) is 0 Å². The predicted molar refractivity (Wildman–Crippen MR) is 141 cm³/mol. The highest BCUT2D eigenvalue weighted by Gasteiger charge is 2.26. The summed E-state index contributed by atoms with van der Waals surface area (Å²) in [4.78, 5) is 14.6. The highest BCUT2D eigenvalue weighted by Crippen LogP contribution is 2.30. The zero-order chi connectivity index (χ0) is 25.0. The van der Waals surface area contributed by atoms with E-state index in [9.17, 15) is 0 Å². The summed E-state index contributed by atoms with van der Waals surface area (Å²) in [5, 5.41) is 1.17. The molecule has 4 heteroatoms. The average Bonchev–Trinajstić information content (AvgIpc) is 2.75. The number of fused-ring (bicyclic) bond motifs is 1. The summed E-state index contributed by atoms with van der Waals surface area (Å²) in [5.74, 6) is 2.39. The second kappa shape index (κ2) is 8.26. The number of hydrogen-bond acceptors (Lipinski definition) is 3. The molecule has 0 saturated heterocycles. The Labute approximate surface area is 204 Å². The molecule has 34 heavy (non-hydrogen) atoms. The number of aryl methyl sites for hydroxylation is 3. The fourth-order valence-corrected chi connectivity index (χ4v) is 4.29. The average molecular weight is 454 g/mol. The minimum Gasteiger partial charge on any atom is -0.217 e. The molecule has 0 radical (unpaired) electrons. The quantitative estimate of drug-likeness (QED) is 0.317. The van der Waals surface area contributed by atoms with Crippen LogP contribution in [0, 0.1) is 20.8 Å². The Morgan fingerprint density at radius 3 is 1.91 bits per heavy atom. The van der Waals surface area contributed by atoms with Crippen LogP contribution in [0.15, 0.2) is 42.5 Å². The molecule has 0 N–H and O–H groups in total. The largest absolute Gasteiger partial charge is 0.217 e. The van der Waals surface area contributed by atoms with E-state index in [0.717, 1.165) is 23.0 Å². The summed E-state index contributed by atoms with van der Waals surface area (Å²) in [5.41, 5.74) is 8.33. The molecule has 2 aromatic heterocycles. The monoisotopic (exact) mass is 453 g/mol. The van der Waals surface area contributed by atoms with Crippen molar-refractivity contribution < 1.29 is 4.57 Å². The maximum absolute atomic E-state index is 4.88. The van der Waals surface area contributed by atoms with Gasteiger partial charge in [-0.15, -0.1) is 0 Å². The molecular weight excluding hydrogens is 416 g/mol. The van der Waals surface area contributed by atoms with Gasteiger partial charge < -0.3 is 0 Å². The van der Waals surface area contributed by atoms with Gasteiger partial charge in [0, 0.05) is 39.5 Å². The van der Waals surface area contributed by atoms with E-state index in [1.54, 1.807) is 0 Å². The van der Waals surface area contributed by atoms with Gasteiger partial charge in [0.05, 0.1) is 0 Å². The van der Waals surface area contributed by atoms with Crippen LogP contribution in [-0.4, -0.2) is 15.0 Å². The summed E-state index contributed by atoms with van der Waals surface area (Å²) in [6.07, 6.45) is 0. The molecule has 0 aliphatic heterocycles. The lowest BCUT2D eigenvalue weighted by Gasteiger charge is -2.22. The lowest BCUT2D eigenvalue weighted by atomic mass is 9.93. The molecule has 0 fully saturated rings. The molecule has 0 aliphatic carbocycles. The lowest BCUT2D eigenvalue weighted by Crippen LogP contribution is -2.32. The molecule has 0 atom stereocenters. The van der Waals surface area contributed by atoms with E-state index < -0.39 is 0 Å². The molecule has 0 aliphatic rings. The second-order valence-corrected chi connectivity index (χ2v) is 11.6. The van der Waals surface area contributed by atoms with Crippen LogP contribution in [0.1, 0.15) is 69.9 Å². The Morgan fingerprint density at radius 2 is 1.32 bits per heavy atom. The molecule has 0 saturated carbocycles. The van der Waals surface area contributed by atoms with Crippen LogP contribution in [0.25, 0.3) is 33.5 Å². The molecule has 2 heterocycles. The van der Waals surface area contributed by atoms with Crippen molar-refractivity contribution in [2.24, 2.45) is 7.05 Å². The van der Waals surface area contributed by atoms with Gasteiger partial charge in [0.15, 0.2) is 5.82 Å². The Balaban J connectivity index is 1.87. The molecule has 0 unspecified atom stereocenters. The van der Waals surface area contributed by atoms with E-state index in [-0.39, 0.29) is 10.8 Å². The van der Waals surface area contributed by atoms with Crippen molar-refractivity contribution in [1.29, 1.82) is 0 Å². The normalized spacial score (nSPS) is 12.4. The number of rotatable bonds is 2. The minimum absolute atomic E-state index is 0.153. The number of aromatic nitrogens is 4. The van der Waals surface area contributed by atoms with E-state index in [0.29, 0.717) is 0 Å². The minimum atomic E-state index is -0.153. The van der Waals surface area contributed by atoms with Crippen molar-refractivity contribution >= 4 is 10.9 Å². The van der Waals surface area contributed by atoms with Crippen molar-refractivity contribution in [2.45, 2.75) is 73.1 Å². The Hall–Kier alpha value is -3.14. The standard InChI is InChI=1S/C30H37N4/c1-18-15-19(2)20(3)23(16-18)25-14-11-21-17-22(12-13-24(21)34(25)10)26-31-27(29(4,5)6)33-28(32-26)30(7,8)9/h11-17H,1-10H3/q+1. The molecule has 4 aromatic rings. The SMILES string of the molecule is Cc1cc(C)c(C)c(-c2ccc3cc(-c4nc(C(C)(C)C)nc(C(C)(C)C)n4)ccc3[n+]2C)c1. The van der Waals surface area contributed by atoms with E-state index >= 15 is 0 Å². The first-order chi connectivity index (χ1) is 15.8. The third kappa shape index (κ3) is 4.46. The Bertz CT molecular complexity index is 1370. The highest BCUT2D eigenvalue weighted by molar-refractivity contribution is 5.82. The number of benzene rings is 2. The molecule has 4 nitrogen and oxygen atoms in total. The zero-order valence-corrected chi connectivity index (χ0v) is 22.3. The van der Waals surface area contributed by atoms with Crippen molar-refractivity contribution in [3.63, 3.8) is 0 Å². The Morgan fingerprint density at radius 1 is 0.706 bits per heavy atom. The van der Waals surface area contributed by atoms with Crippen LogP contribution < -0.4 is 4.57 Å². The van der Waals surface area contributed by atoms with Crippen LogP contribution in [-0.2, 0) is 17.9 Å². The molecule has 0 amide bonds. The summed E-state index contributed by atoms with van der Waals surface area (Å²) < 4.78 is 2.29. The summed E-state index contributed by atoms with van der Waals surface area (Å²) in [6, 6.07) is 15.5. The summed E-state index contributed by atoms with van der Waals surface area (Å²) >= 11 is 0. The van der Waals surface area contributed by atoms with Crippen molar-refractivity contribution in [2.75, 3.05) is 0 Å². The number of nitrogens with zero attached hydrogens (tertiary/aromatic N) is 4. The summed E-state index contributed by atoms with van der Waals surface area (Å²) in [6.45, 7) is 19.4. The van der Waals surface area contributed by atoms with E-state index in [4.69, 9.17) is 15.0 Å². The van der Waals surface area contributed by atoms with Gasteiger partial charge in [-0.1, -0.05) is 53.2 Å². The second-order valence-electron chi connectivity index (χ2n) is 11.6. The van der Waals surface area contributed by atoms with Crippen molar-refractivity contribution in [3.05, 3.63) is 70.8 Å². The maximum atomic E-state index is 4.88. The first-order valence-corrected chi connectivity index (χ1v) is 12.0. The first kappa shape index (κ1) is 24.0. The van der Waals surface area contributed by atoms with Crippen LogP contribution in [0.3, 0.4) is 0 Å². The topological polar surface area (TPSA) is 42.6 Å². The smallest absolute Gasteiger partial charge is 0.213 e. The molecule has 0 bridgehead atoms. The molecule has 0 spiro atoms. The number of pyridine rings is 1. The fraction of sp³-hybridized carbons (Fsp3) is 0.400. The van der Waals surface area contributed by atoms with Gasteiger partial charge in [-0.05, 0) is 56.2 Å². The highest BCUT2D eigenvalue weighted by atomic mass is 15.1. The van der Waals surface area contributed by atoms with Gasteiger partial charge in [0.1, 0.15) is 18.7 Å². The summed E-state index contributed by atoms with van der Waals surface area (Å²) in [7, 11) is 2.15. The molecular formula is C30H37N4+. The van der Waals surface area contributed by atoms with E-state index in [2.05, 4.69) is 116 Å². The predicted octanol–water partition coefficient (Wildman–Crippen LogP) is 6.70. The van der Waals surface area contributed by atoms with Crippen molar-refractivity contribution in [3.8, 4) is 22.6 Å². The van der Waals surface area contributed by atoms with E-state index in [1.807, 2.05) is 0 Å². The van der Waals surface area contributed by atoms with Crippen LogP contribution in [0.5, 0.6) is 0 Å². The lowest BCUT2D eigenvalue weighted by molar-refractivity contribution is -0.633. The van der Waals surface area contributed by atoms with Gasteiger partial charge in [-0.2, -0.15) is 4.57 Å². The third-order valence-electron chi connectivity index (χ3n) is 6.49. The third-order valence-corrected chi connectivity index (χ3v) is 6.49. The van der Waals surface area contributed by atoms with E-state index in [1.165, 1.54) is 38.9 Å². The molecule has 176 valence electrons. The van der Waals surface area contributed by atoms with Gasteiger partial charge >= 0.3 is 0 Å². The van der Waals surface area contributed by atoms with Crippen molar-refractivity contribution in [1.82, 2.24) is 15.0 Å². The number of hydrogen-bond donors (Lipinski definition) is 0. The maximum Gasteiger partial charge on any atom is 0.213 e. The van der Waals surface area contributed by atoms with Crippen LogP contribution in [0.4, 0.5) is 0 Å². The zero-order valence-electron chi connectivity index (χ0n) is 22.3. The Kier molecular flexibility index (Phi) is 5.83. The van der Waals surface area contributed by atoms with Crippen LogP contribution >= 0.6 is 0 Å². The molecule has 2 aromatic carbocycles. The van der Waals surface area contributed by atoms with Gasteiger partial charge in [-0.3, -0.25) is 0 Å². The van der Waals surface area contributed by atoms with Gasteiger partial charge in [0.2, 0.25) is 11.2 Å². The molecule has 4 rings (SSSR count). The van der Waals surface area contributed by atoms with Gasteiger partial charge in [0.25, 0.3) is 0 Å².